The van der Waals surface area contributed by atoms with Gasteiger partial charge in [0.05, 0.1) is 5.56 Å². The van der Waals surface area contributed by atoms with Gasteiger partial charge in [0, 0.05) is 23.4 Å². The summed E-state index contributed by atoms with van der Waals surface area (Å²) in [6, 6.07) is 6.88. The Morgan fingerprint density at radius 1 is 1.08 bits per heavy atom. The van der Waals surface area contributed by atoms with Gasteiger partial charge in [-0.1, -0.05) is 0 Å². The number of pyridine rings is 1. The topological polar surface area (TPSA) is 116 Å². The lowest BCUT2D eigenvalue weighted by molar-refractivity contribution is 0.0696. The minimum atomic E-state index is -1.07. The van der Waals surface area contributed by atoms with E-state index in [2.05, 4.69) is 10.3 Å². The van der Waals surface area contributed by atoms with Gasteiger partial charge in [-0.3, -0.25) is 14.4 Å². The largest absolute Gasteiger partial charge is 0.478 e. The Kier molecular flexibility index (Phi) is 3.99. The van der Waals surface area contributed by atoms with E-state index in [1.165, 1.54) is 30.3 Å². The molecule has 1 aliphatic carbocycles. The number of benzene rings is 1. The van der Waals surface area contributed by atoms with Crippen molar-refractivity contribution in [1.82, 2.24) is 4.98 Å². The van der Waals surface area contributed by atoms with E-state index in [9.17, 15) is 19.2 Å². The fourth-order valence-corrected chi connectivity index (χ4v) is 2.64. The van der Waals surface area contributed by atoms with E-state index >= 15 is 0 Å². The van der Waals surface area contributed by atoms with Gasteiger partial charge in [-0.05, 0) is 43.2 Å². The molecule has 0 unspecified atom stereocenters. The van der Waals surface area contributed by atoms with Crippen LogP contribution in [-0.2, 0) is 6.42 Å². The van der Waals surface area contributed by atoms with Crippen LogP contribution in [-0.4, -0.2) is 27.8 Å². The first-order chi connectivity index (χ1) is 11.5. The Balaban J connectivity index is 1.87. The van der Waals surface area contributed by atoms with Crippen LogP contribution in [0, 0.1) is 0 Å². The van der Waals surface area contributed by atoms with Crippen LogP contribution in [0.15, 0.2) is 35.1 Å². The molecular weight excluding hydrogens is 312 g/mol. The van der Waals surface area contributed by atoms with Gasteiger partial charge in [-0.25, -0.2) is 4.79 Å². The van der Waals surface area contributed by atoms with Crippen molar-refractivity contribution in [3.8, 4) is 0 Å². The minimum Gasteiger partial charge on any atom is -0.478 e. The second kappa shape index (κ2) is 6.11. The number of nitrogens with one attached hydrogen (secondary N) is 2. The summed E-state index contributed by atoms with van der Waals surface area (Å²) >= 11 is 0. The normalized spacial score (nSPS) is 13.2. The quantitative estimate of drug-likeness (QED) is 0.796. The molecule has 1 amide bonds. The second-order valence-electron chi connectivity index (χ2n) is 5.52. The molecule has 24 heavy (non-hydrogen) atoms. The number of aromatic nitrogens is 1. The van der Waals surface area contributed by atoms with Crippen LogP contribution < -0.4 is 10.9 Å². The smallest absolute Gasteiger partial charge is 0.335 e. The second-order valence-corrected chi connectivity index (χ2v) is 5.52. The van der Waals surface area contributed by atoms with Crippen LogP contribution in [0.1, 0.15) is 49.6 Å². The molecule has 0 saturated heterocycles. The molecule has 3 rings (SSSR count). The van der Waals surface area contributed by atoms with Gasteiger partial charge in [0.2, 0.25) is 0 Å². The number of rotatable bonds is 3. The lowest BCUT2D eigenvalue weighted by Gasteiger charge is -2.15. The Bertz CT molecular complexity index is 896. The molecule has 0 aliphatic heterocycles. The van der Waals surface area contributed by atoms with Gasteiger partial charge in [0.1, 0.15) is 5.56 Å². The highest BCUT2D eigenvalue weighted by Crippen LogP contribution is 2.19. The maximum absolute atomic E-state index is 12.3. The fraction of sp³-hybridized carbons (Fsp3) is 0.176. The number of anilines is 1. The number of carbonyl (C=O) groups is 3. The number of aromatic amines is 1. The Morgan fingerprint density at radius 3 is 2.46 bits per heavy atom. The van der Waals surface area contributed by atoms with Gasteiger partial charge in [0.15, 0.2) is 5.78 Å². The fourth-order valence-electron chi connectivity index (χ4n) is 2.64. The molecule has 0 spiro atoms. The van der Waals surface area contributed by atoms with Crippen LogP contribution in [0.3, 0.4) is 0 Å². The molecule has 1 heterocycles. The number of Topliss-reactive ketones (excluding diaryl/α,β-unsaturated/α-hetero) is 1. The molecule has 3 N–H and O–H groups in total. The summed E-state index contributed by atoms with van der Waals surface area (Å²) in [7, 11) is 0. The number of aromatic carboxylic acids is 1. The van der Waals surface area contributed by atoms with E-state index < -0.39 is 17.4 Å². The molecule has 122 valence electrons. The molecule has 1 aromatic heterocycles. The highest BCUT2D eigenvalue weighted by Gasteiger charge is 2.22. The molecule has 0 fully saturated rings. The molecule has 7 nitrogen and oxygen atoms in total. The van der Waals surface area contributed by atoms with E-state index in [-0.39, 0.29) is 16.9 Å². The van der Waals surface area contributed by atoms with Crippen molar-refractivity contribution in [3.63, 3.8) is 0 Å². The average Bonchev–Trinajstić information content (AvgIpc) is 2.55. The zero-order chi connectivity index (χ0) is 17.3. The van der Waals surface area contributed by atoms with Crippen molar-refractivity contribution < 1.29 is 19.5 Å². The Hall–Kier alpha value is -3.22. The van der Waals surface area contributed by atoms with Crippen molar-refractivity contribution in [2.75, 3.05) is 5.32 Å². The summed E-state index contributed by atoms with van der Waals surface area (Å²) < 4.78 is 0. The first-order valence-electron chi connectivity index (χ1n) is 7.40. The van der Waals surface area contributed by atoms with E-state index in [4.69, 9.17) is 5.11 Å². The summed E-state index contributed by atoms with van der Waals surface area (Å²) in [5.41, 5.74) is 0.693. The summed E-state index contributed by atoms with van der Waals surface area (Å²) in [6.07, 6.45) is 1.69. The monoisotopic (exact) mass is 326 g/mol. The predicted octanol–water partition coefficient (Wildman–Crippen LogP) is 1.84. The molecule has 0 atom stereocenters. The van der Waals surface area contributed by atoms with Gasteiger partial charge in [0.25, 0.3) is 11.5 Å². The zero-order valence-corrected chi connectivity index (χ0v) is 12.6. The maximum atomic E-state index is 12.3. The molecule has 1 aliphatic rings. The van der Waals surface area contributed by atoms with Crippen LogP contribution in [0.5, 0.6) is 0 Å². The van der Waals surface area contributed by atoms with Gasteiger partial charge in [-0.2, -0.15) is 0 Å². The van der Waals surface area contributed by atoms with Crippen LogP contribution >= 0.6 is 0 Å². The third-order valence-electron chi connectivity index (χ3n) is 3.89. The van der Waals surface area contributed by atoms with E-state index in [1.54, 1.807) is 0 Å². The number of carbonyl (C=O) groups excluding carboxylic acids is 2. The van der Waals surface area contributed by atoms with Crippen molar-refractivity contribution in [3.05, 3.63) is 63.1 Å². The number of hydrogen-bond acceptors (Lipinski definition) is 4. The van der Waals surface area contributed by atoms with Gasteiger partial charge in [-0.15, -0.1) is 0 Å². The maximum Gasteiger partial charge on any atom is 0.335 e. The first-order valence-corrected chi connectivity index (χ1v) is 7.40. The van der Waals surface area contributed by atoms with Crippen LogP contribution in [0.25, 0.3) is 0 Å². The van der Waals surface area contributed by atoms with Crippen molar-refractivity contribution >= 4 is 23.3 Å². The molecule has 2 aromatic rings. The number of aryl methyl sites for hydroxylation is 1. The highest BCUT2D eigenvalue weighted by molar-refractivity contribution is 6.06. The van der Waals surface area contributed by atoms with Crippen LogP contribution in [0.2, 0.25) is 0 Å². The molecule has 7 heteroatoms. The number of ketones is 1. The van der Waals surface area contributed by atoms with E-state index in [1.807, 2.05) is 0 Å². The number of H-pyrrole nitrogens is 1. The summed E-state index contributed by atoms with van der Waals surface area (Å²) in [5.74, 6) is -1.81. The molecule has 1 aromatic carbocycles. The summed E-state index contributed by atoms with van der Waals surface area (Å²) in [5, 5.41) is 11.4. The Labute approximate surface area is 136 Å². The van der Waals surface area contributed by atoms with Crippen molar-refractivity contribution in [2.24, 2.45) is 0 Å². The lowest BCUT2D eigenvalue weighted by Crippen LogP contribution is -2.27. The molecular formula is C17H14N2O5. The molecule has 0 bridgehead atoms. The number of fused-ring (bicyclic) bond motifs is 1. The number of amides is 1. The lowest BCUT2D eigenvalue weighted by atomic mass is 9.93. The van der Waals surface area contributed by atoms with Crippen molar-refractivity contribution in [2.45, 2.75) is 19.3 Å². The zero-order valence-electron chi connectivity index (χ0n) is 12.6. The number of carboxylic acids is 1. The first kappa shape index (κ1) is 15.7. The number of carboxylic acid groups (broad SMARTS) is 1. The van der Waals surface area contributed by atoms with Gasteiger partial charge < -0.3 is 15.4 Å². The summed E-state index contributed by atoms with van der Waals surface area (Å²) in [6.45, 7) is 0. The third-order valence-corrected chi connectivity index (χ3v) is 3.89. The molecule has 0 radical (unpaired) electrons. The number of hydrogen-bond donors (Lipinski definition) is 3. The van der Waals surface area contributed by atoms with Crippen molar-refractivity contribution in [1.29, 1.82) is 0 Å². The standard InChI is InChI=1S/C17H14N2O5/c20-14-3-1-2-13-11(14)8-12(16(22)19-13)15(21)18-10-6-4-9(5-7-10)17(23)24/h4-8H,1-3H2,(H,18,21)(H,19,22)(H,23,24). The summed E-state index contributed by atoms with van der Waals surface area (Å²) in [4.78, 5) is 49.7. The third kappa shape index (κ3) is 2.96. The van der Waals surface area contributed by atoms with E-state index in [0.29, 0.717) is 36.2 Å². The van der Waals surface area contributed by atoms with Crippen LogP contribution in [0.4, 0.5) is 5.69 Å². The van der Waals surface area contributed by atoms with Gasteiger partial charge >= 0.3 is 5.97 Å². The Morgan fingerprint density at radius 2 is 1.79 bits per heavy atom. The minimum absolute atomic E-state index is 0.0882. The van der Waals surface area contributed by atoms with E-state index in [0.717, 1.165) is 0 Å². The average molecular weight is 326 g/mol. The predicted molar refractivity (Wildman–Crippen MR) is 85.7 cm³/mol. The SMILES string of the molecule is O=C(O)c1ccc(NC(=O)c2cc3c([nH]c2=O)CCCC3=O)cc1. The molecule has 0 saturated carbocycles. The highest BCUT2D eigenvalue weighted by atomic mass is 16.4.